The third-order valence-electron chi connectivity index (χ3n) is 3.84. The predicted octanol–water partition coefficient (Wildman–Crippen LogP) is 1.55. The Bertz CT molecular complexity index is 801. The maximum absolute atomic E-state index is 11.7. The number of hydrogen-bond donors (Lipinski definition) is 1. The molecule has 0 unspecified atom stereocenters. The summed E-state index contributed by atoms with van der Waals surface area (Å²) in [5.74, 6) is -0.443. The van der Waals surface area contributed by atoms with Crippen molar-refractivity contribution in [3.63, 3.8) is 0 Å². The van der Waals surface area contributed by atoms with E-state index in [1.165, 1.54) is 0 Å². The second-order valence-electron chi connectivity index (χ2n) is 5.16. The molecule has 2 aromatic carbocycles. The lowest BCUT2D eigenvalue weighted by atomic mass is 9.98. The first kappa shape index (κ1) is 17.5. The normalized spacial score (nSPS) is 10.4. The minimum absolute atomic E-state index is 0.266. The lowest BCUT2D eigenvalue weighted by molar-refractivity contribution is -0.137. The summed E-state index contributed by atoms with van der Waals surface area (Å²) in [5, 5.41) is 2.77. The van der Waals surface area contributed by atoms with Crippen LogP contribution in [0.15, 0.2) is 46.5 Å². The number of benzene rings is 1. The van der Waals surface area contributed by atoms with Gasteiger partial charge in [0, 0.05) is 25.4 Å². The summed E-state index contributed by atoms with van der Waals surface area (Å²) in [6.07, 6.45) is 1.13. The Labute approximate surface area is 140 Å². The van der Waals surface area contributed by atoms with Crippen LogP contribution in [0.5, 0.6) is 0 Å². The molecule has 0 radical (unpaired) electrons. The summed E-state index contributed by atoms with van der Waals surface area (Å²) in [6.45, 7) is 6.91. The number of hydrogen-bond acceptors (Lipinski definition) is 6. The van der Waals surface area contributed by atoms with Crippen LogP contribution in [-0.2, 0) is 9.53 Å². The van der Waals surface area contributed by atoms with E-state index < -0.39 is 16.8 Å². The Kier molecular flexibility index (Phi) is 5.52. The molecule has 0 aliphatic rings. The Morgan fingerprint density at radius 2 is 1.92 bits per heavy atom. The third-order valence-corrected chi connectivity index (χ3v) is 3.84. The fraction of sp³-hybridized carbons (Fsp3) is 0.278. The molecule has 24 heavy (non-hydrogen) atoms. The first-order chi connectivity index (χ1) is 11.5. The first-order valence-electron chi connectivity index (χ1n) is 7.69. The zero-order chi connectivity index (χ0) is 17.7. The average Bonchev–Trinajstić information content (AvgIpc) is 2.62. The molecule has 0 fully saturated rings. The average molecular weight is 328 g/mol. The van der Waals surface area contributed by atoms with Crippen molar-refractivity contribution < 1.29 is 9.53 Å². The molecule has 2 aromatic rings. The molecule has 0 amide bonds. The van der Waals surface area contributed by atoms with Crippen LogP contribution in [0, 0.1) is 0 Å². The minimum atomic E-state index is -0.476. The van der Waals surface area contributed by atoms with E-state index in [0.29, 0.717) is 23.4 Å². The van der Waals surface area contributed by atoms with Crippen molar-refractivity contribution in [3.8, 4) is 11.1 Å². The molecule has 0 aliphatic heterocycles. The number of carbonyl (C=O) groups is 1. The fourth-order valence-corrected chi connectivity index (χ4v) is 2.53. The van der Waals surface area contributed by atoms with Gasteiger partial charge >= 0.3 is 5.97 Å². The van der Waals surface area contributed by atoms with Crippen LogP contribution in [0.2, 0.25) is 0 Å². The molecule has 0 atom stereocenters. The van der Waals surface area contributed by atoms with E-state index in [1.54, 1.807) is 7.05 Å². The van der Waals surface area contributed by atoms with E-state index in [2.05, 4.69) is 11.9 Å². The van der Waals surface area contributed by atoms with Crippen LogP contribution in [0.1, 0.15) is 6.92 Å². The number of nitrogens with zero attached hydrogens (tertiary/aromatic N) is 1. The molecule has 1 N–H and O–H groups in total. The highest BCUT2D eigenvalue weighted by Crippen LogP contribution is 2.25. The third kappa shape index (κ3) is 3.37. The van der Waals surface area contributed by atoms with Gasteiger partial charge in [-0.2, -0.15) is 0 Å². The van der Waals surface area contributed by atoms with Gasteiger partial charge < -0.3 is 15.0 Å². The van der Waals surface area contributed by atoms with Crippen LogP contribution >= 0.6 is 0 Å². The topological polar surface area (TPSA) is 75.7 Å². The van der Waals surface area contributed by atoms with E-state index in [9.17, 15) is 14.4 Å². The van der Waals surface area contributed by atoms with Gasteiger partial charge in [-0.25, -0.2) is 4.79 Å². The van der Waals surface area contributed by atoms with Crippen molar-refractivity contribution in [3.05, 3.63) is 57.4 Å². The number of nitrogens with one attached hydrogen (secondary N) is 1. The number of likely N-dealkylation sites (N-methyl/N-ethyl adjacent to an activating group) is 1. The highest BCUT2D eigenvalue weighted by molar-refractivity contribution is 5.82. The smallest absolute Gasteiger partial charge is 0.330 e. The van der Waals surface area contributed by atoms with Crippen molar-refractivity contribution in [1.29, 1.82) is 0 Å². The number of ether oxygens (including phenoxy) is 1. The van der Waals surface area contributed by atoms with Crippen LogP contribution in [0.4, 0.5) is 11.4 Å². The van der Waals surface area contributed by atoms with Gasteiger partial charge in [-0.05, 0) is 24.6 Å². The summed E-state index contributed by atoms with van der Waals surface area (Å²) in [7, 11) is 1.62. The number of esters is 1. The van der Waals surface area contributed by atoms with Gasteiger partial charge in [0.05, 0.1) is 17.8 Å². The van der Waals surface area contributed by atoms with Crippen LogP contribution in [-0.4, -0.2) is 32.7 Å². The number of rotatable bonds is 8. The van der Waals surface area contributed by atoms with E-state index >= 15 is 0 Å². The second kappa shape index (κ2) is 7.59. The maximum atomic E-state index is 11.7. The Morgan fingerprint density at radius 1 is 1.25 bits per heavy atom. The molecular weight excluding hydrogens is 308 g/mol. The van der Waals surface area contributed by atoms with Gasteiger partial charge in [0.25, 0.3) is 0 Å². The van der Waals surface area contributed by atoms with Crippen LogP contribution < -0.4 is 21.1 Å². The van der Waals surface area contributed by atoms with Gasteiger partial charge in [0.15, 0.2) is 0 Å². The zero-order valence-electron chi connectivity index (χ0n) is 13.8. The molecule has 6 nitrogen and oxygen atoms in total. The fourth-order valence-electron chi connectivity index (χ4n) is 2.53. The summed E-state index contributed by atoms with van der Waals surface area (Å²) in [5.41, 5.74) is 1.50. The van der Waals surface area contributed by atoms with E-state index in [4.69, 9.17) is 4.74 Å². The molecule has 0 saturated heterocycles. The van der Waals surface area contributed by atoms with E-state index in [-0.39, 0.29) is 6.61 Å². The molecule has 0 bridgehead atoms. The lowest BCUT2D eigenvalue weighted by Gasteiger charge is -2.23. The molecular formula is C18H20N2O4. The van der Waals surface area contributed by atoms with Gasteiger partial charge in [-0.3, -0.25) is 9.59 Å². The van der Waals surface area contributed by atoms with E-state index in [0.717, 1.165) is 18.3 Å². The Hall–Kier alpha value is -2.89. The highest BCUT2D eigenvalue weighted by Gasteiger charge is 2.21. The van der Waals surface area contributed by atoms with Crippen molar-refractivity contribution in [2.75, 3.05) is 37.0 Å². The first-order valence-corrected chi connectivity index (χ1v) is 7.69. The standard InChI is InChI=1S/C18H20N2O4/c1-4-14(21)24-11-10-20(5-2)13-8-6-12(7-9-13)15-16(19-3)18(23)17(15)22/h4,6-9,19H,1,5,10-11H2,2-3H3. The molecule has 0 spiro atoms. The van der Waals surface area contributed by atoms with Gasteiger partial charge in [0.2, 0.25) is 10.9 Å². The van der Waals surface area contributed by atoms with Crippen molar-refractivity contribution in [1.82, 2.24) is 0 Å². The SMILES string of the molecule is C=CC(=O)OCCN(CC)c1ccc(-c2c(NC)c(=O)c2=O)cc1. The van der Waals surface area contributed by atoms with Crippen molar-refractivity contribution >= 4 is 17.3 Å². The molecule has 6 heteroatoms. The summed E-state index contributed by atoms with van der Waals surface area (Å²) < 4.78 is 4.99. The lowest BCUT2D eigenvalue weighted by Crippen LogP contribution is -2.35. The monoisotopic (exact) mass is 328 g/mol. The summed E-state index contributed by atoms with van der Waals surface area (Å²) >= 11 is 0. The molecule has 0 saturated carbocycles. The molecule has 2 rings (SSSR count). The number of carbonyl (C=O) groups excluding carboxylic acids is 1. The quantitative estimate of drug-likeness (QED) is 0.450. The summed E-state index contributed by atoms with van der Waals surface area (Å²) in [4.78, 5) is 36.3. The molecule has 0 aliphatic carbocycles. The Morgan fingerprint density at radius 3 is 2.46 bits per heavy atom. The second-order valence-corrected chi connectivity index (χ2v) is 5.16. The maximum Gasteiger partial charge on any atom is 0.330 e. The van der Waals surface area contributed by atoms with Crippen molar-refractivity contribution in [2.24, 2.45) is 0 Å². The van der Waals surface area contributed by atoms with Gasteiger partial charge in [0.1, 0.15) is 6.61 Å². The molecule has 0 aromatic heterocycles. The molecule has 0 heterocycles. The van der Waals surface area contributed by atoms with Gasteiger partial charge in [-0.15, -0.1) is 0 Å². The van der Waals surface area contributed by atoms with Crippen LogP contribution in [0.3, 0.4) is 0 Å². The molecule has 126 valence electrons. The highest BCUT2D eigenvalue weighted by atomic mass is 16.5. The van der Waals surface area contributed by atoms with Gasteiger partial charge in [-0.1, -0.05) is 18.7 Å². The predicted molar refractivity (Wildman–Crippen MR) is 95.4 cm³/mol. The van der Waals surface area contributed by atoms with Crippen LogP contribution in [0.25, 0.3) is 11.1 Å². The van der Waals surface area contributed by atoms with Crippen molar-refractivity contribution in [2.45, 2.75) is 6.92 Å². The Balaban J connectivity index is 2.11. The largest absolute Gasteiger partial charge is 0.461 e. The minimum Gasteiger partial charge on any atom is -0.461 e. The van der Waals surface area contributed by atoms with E-state index in [1.807, 2.05) is 36.1 Å². The summed E-state index contributed by atoms with van der Waals surface area (Å²) in [6, 6.07) is 7.38. The number of anilines is 2. The zero-order valence-corrected chi connectivity index (χ0v) is 13.8.